The maximum Gasteiger partial charge on any atom is 0.260 e. The van der Waals surface area contributed by atoms with E-state index in [1.165, 1.54) is 40.9 Å². The van der Waals surface area contributed by atoms with Gasteiger partial charge in [-0.15, -0.1) is 21.5 Å². The number of rotatable bonds is 5. The van der Waals surface area contributed by atoms with Crippen LogP contribution in [0.1, 0.15) is 36.5 Å². The summed E-state index contributed by atoms with van der Waals surface area (Å²) in [6, 6.07) is 9.26. The number of likely N-dealkylation sites (tertiary alicyclic amines) is 1. The molecule has 0 saturated carbocycles. The van der Waals surface area contributed by atoms with E-state index in [0.29, 0.717) is 30.2 Å². The highest BCUT2D eigenvalue weighted by atomic mass is 32.2. The summed E-state index contributed by atoms with van der Waals surface area (Å²) in [5.41, 5.74) is 0.312. The zero-order valence-corrected chi connectivity index (χ0v) is 18.1. The molecule has 0 N–H and O–H groups in total. The van der Waals surface area contributed by atoms with Crippen LogP contribution in [0, 0.1) is 5.82 Å². The first kappa shape index (κ1) is 20.7. The Hall–Kier alpha value is -2.52. The molecule has 3 heterocycles. The molecular weight excluding hydrogens is 423 g/mol. The molecule has 1 aromatic carbocycles. The predicted molar refractivity (Wildman–Crippen MR) is 115 cm³/mol. The zero-order valence-electron chi connectivity index (χ0n) is 16.5. The van der Waals surface area contributed by atoms with Gasteiger partial charge in [0.25, 0.3) is 5.91 Å². The molecule has 156 valence electrons. The van der Waals surface area contributed by atoms with Gasteiger partial charge in [0.2, 0.25) is 5.91 Å². The minimum atomic E-state index is -0.414. The molecule has 0 radical (unpaired) electrons. The molecular formula is C21H21FN4O2S2. The highest BCUT2D eigenvalue weighted by molar-refractivity contribution is 8.00. The van der Waals surface area contributed by atoms with Crippen LogP contribution in [-0.4, -0.2) is 43.3 Å². The molecule has 0 aliphatic carbocycles. The lowest BCUT2D eigenvalue weighted by Gasteiger charge is -2.22. The van der Waals surface area contributed by atoms with Gasteiger partial charge >= 0.3 is 0 Å². The Morgan fingerprint density at radius 1 is 1.23 bits per heavy atom. The normalized spacial score (nSPS) is 17.2. The molecule has 1 atom stereocenters. The summed E-state index contributed by atoms with van der Waals surface area (Å²) in [5, 5.41) is 10.9. The summed E-state index contributed by atoms with van der Waals surface area (Å²) >= 11 is 2.96. The van der Waals surface area contributed by atoms with Gasteiger partial charge < -0.3 is 4.57 Å². The lowest BCUT2D eigenvalue weighted by atomic mass is 10.2. The number of aromatic nitrogens is 3. The molecule has 0 spiro atoms. The number of carbonyl (C=O) groups excluding carboxylic acids is 2. The largest absolute Gasteiger partial charge is 0.302 e. The quantitative estimate of drug-likeness (QED) is 0.543. The van der Waals surface area contributed by atoms with Crippen LogP contribution >= 0.6 is 23.1 Å². The smallest absolute Gasteiger partial charge is 0.260 e. The molecule has 0 unspecified atom stereocenters. The lowest BCUT2D eigenvalue weighted by Crippen LogP contribution is -2.41. The Morgan fingerprint density at radius 3 is 2.73 bits per heavy atom. The summed E-state index contributed by atoms with van der Waals surface area (Å²) in [5.74, 6) is -0.239. The van der Waals surface area contributed by atoms with Gasteiger partial charge in [-0.1, -0.05) is 24.2 Å². The van der Waals surface area contributed by atoms with Gasteiger partial charge in [0.15, 0.2) is 11.0 Å². The van der Waals surface area contributed by atoms with E-state index in [-0.39, 0.29) is 11.8 Å². The van der Waals surface area contributed by atoms with Crippen molar-refractivity contribution in [1.29, 1.82) is 0 Å². The van der Waals surface area contributed by atoms with Crippen molar-refractivity contribution in [2.24, 2.45) is 0 Å². The summed E-state index contributed by atoms with van der Waals surface area (Å²) in [7, 11) is 0. The van der Waals surface area contributed by atoms with Gasteiger partial charge in [0, 0.05) is 18.7 Å². The third kappa shape index (κ3) is 4.17. The molecule has 0 bridgehead atoms. The van der Waals surface area contributed by atoms with Gasteiger partial charge in [0.1, 0.15) is 5.82 Å². The number of halogens is 1. The van der Waals surface area contributed by atoms with E-state index < -0.39 is 11.1 Å². The molecule has 1 fully saturated rings. The SMILES string of the molecule is CCn1c(S[C@H]2CCCCN(C(=O)c3ccc(F)cc3)C2=O)nnc1-c1cccs1. The summed E-state index contributed by atoms with van der Waals surface area (Å²) in [6.45, 7) is 3.07. The molecule has 1 aliphatic heterocycles. The number of imide groups is 1. The number of hydrogen-bond donors (Lipinski definition) is 0. The van der Waals surface area contributed by atoms with Crippen LogP contribution in [0.2, 0.25) is 0 Å². The van der Waals surface area contributed by atoms with Crippen molar-refractivity contribution in [3.05, 3.63) is 53.2 Å². The van der Waals surface area contributed by atoms with E-state index >= 15 is 0 Å². The maximum atomic E-state index is 13.2. The molecule has 1 saturated heterocycles. The van der Waals surface area contributed by atoms with Gasteiger partial charge in [-0.2, -0.15) is 0 Å². The Kier molecular flexibility index (Phi) is 6.29. The second-order valence-electron chi connectivity index (χ2n) is 6.93. The average Bonchev–Trinajstić information content (AvgIpc) is 3.38. The Balaban J connectivity index is 1.56. The number of benzene rings is 1. The third-order valence-corrected chi connectivity index (χ3v) is 7.10. The van der Waals surface area contributed by atoms with Gasteiger partial charge in [-0.05, 0) is 55.5 Å². The second-order valence-corrected chi connectivity index (χ2v) is 9.05. The summed E-state index contributed by atoms with van der Waals surface area (Å²) in [6.07, 6.45) is 2.26. The van der Waals surface area contributed by atoms with Crippen LogP contribution < -0.4 is 0 Å². The van der Waals surface area contributed by atoms with E-state index in [2.05, 4.69) is 10.2 Å². The summed E-state index contributed by atoms with van der Waals surface area (Å²) in [4.78, 5) is 28.4. The number of thiophene rings is 1. The van der Waals surface area contributed by atoms with Crippen molar-refractivity contribution in [3.8, 4) is 10.7 Å². The van der Waals surface area contributed by atoms with Crippen LogP contribution in [0.3, 0.4) is 0 Å². The van der Waals surface area contributed by atoms with Crippen LogP contribution in [0.15, 0.2) is 46.9 Å². The first-order valence-corrected chi connectivity index (χ1v) is 11.6. The lowest BCUT2D eigenvalue weighted by molar-refractivity contribution is -0.127. The predicted octanol–water partition coefficient (Wildman–Crippen LogP) is 4.48. The van der Waals surface area contributed by atoms with Crippen molar-refractivity contribution in [3.63, 3.8) is 0 Å². The van der Waals surface area contributed by atoms with E-state index in [0.717, 1.165) is 23.5 Å². The fraction of sp³-hybridized carbons (Fsp3) is 0.333. The molecule has 2 aromatic heterocycles. The molecule has 4 rings (SSSR count). The molecule has 2 amide bonds. The average molecular weight is 445 g/mol. The van der Waals surface area contributed by atoms with E-state index in [4.69, 9.17) is 0 Å². The Bertz CT molecular complexity index is 1030. The maximum absolute atomic E-state index is 13.2. The molecule has 9 heteroatoms. The van der Waals surface area contributed by atoms with Crippen molar-refractivity contribution >= 4 is 34.9 Å². The Labute approximate surface area is 182 Å². The fourth-order valence-corrected chi connectivity index (χ4v) is 5.36. The number of nitrogens with zero attached hydrogens (tertiary/aromatic N) is 4. The first-order chi connectivity index (χ1) is 14.6. The number of thioether (sulfide) groups is 1. The second kappa shape index (κ2) is 9.09. The highest BCUT2D eigenvalue weighted by Crippen LogP contribution is 2.33. The zero-order chi connectivity index (χ0) is 21.1. The van der Waals surface area contributed by atoms with Crippen molar-refractivity contribution in [2.45, 2.75) is 43.1 Å². The summed E-state index contributed by atoms with van der Waals surface area (Å²) < 4.78 is 15.2. The van der Waals surface area contributed by atoms with Crippen molar-refractivity contribution < 1.29 is 14.0 Å². The van der Waals surface area contributed by atoms with Gasteiger partial charge in [0.05, 0.1) is 10.1 Å². The Morgan fingerprint density at radius 2 is 2.03 bits per heavy atom. The topological polar surface area (TPSA) is 68.1 Å². The minimum Gasteiger partial charge on any atom is -0.302 e. The van der Waals surface area contributed by atoms with Crippen LogP contribution in [0.4, 0.5) is 4.39 Å². The monoisotopic (exact) mass is 444 g/mol. The van der Waals surface area contributed by atoms with Crippen LogP contribution in [0.25, 0.3) is 10.7 Å². The van der Waals surface area contributed by atoms with E-state index in [1.807, 2.05) is 29.0 Å². The first-order valence-electron chi connectivity index (χ1n) is 9.83. The molecule has 6 nitrogen and oxygen atoms in total. The highest BCUT2D eigenvalue weighted by Gasteiger charge is 2.33. The van der Waals surface area contributed by atoms with Crippen molar-refractivity contribution in [2.75, 3.05) is 6.54 Å². The van der Waals surface area contributed by atoms with Gasteiger partial charge in [-0.25, -0.2) is 4.39 Å². The van der Waals surface area contributed by atoms with E-state index in [9.17, 15) is 14.0 Å². The molecule has 3 aromatic rings. The molecule has 1 aliphatic rings. The molecule has 30 heavy (non-hydrogen) atoms. The van der Waals surface area contributed by atoms with Gasteiger partial charge in [-0.3, -0.25) is 14.5 Å². The van der Waals surface area contributed by atoms with E-state index in [1.54, 1.807) is 11.3 Å². The standard InChI is InChI=1S/C21H21FN4O2S2/c1-2-25-18(16-7-5-13-29-16)23-24-21(25)30-17-6-3-4-12-26(20(17)28)19(27)14-8-10-15(22)11-9-14/h5,7-11,13,17H,2-4,6,12H2,1H3/t17-/m0/s1. The van der Waals surface area contributed by atoms with Crippen molar-refractivity contribution in [1.82, 2.24) is 19.7 Å². The third-order valence-electron chi connectivity index (χ3n) is 5.00. The fourth-order valence-electron chi connectivity index (χ4n) is 3.44. The van der Waals surface area contributed by atoms with Crippen LogP contribution in [-0.2, 0) is 11.3 Å². The number of carbonyl (C=O) groups is 2. The number of amides is 2. The van der Waals surface area contributed by atoms with Crippen LogP contribution in [0.5, 0.6) is 0 Å². The minimum absolute atomic E-state index is 0.227. The number of hydrogen-bond acceptors (Lipinski definition) is 6.